The smallest absolute Gasteiger partial charge is 0.274 e. The van der Waals surface area contributed by atoms with E-state index in [-0.39, 0.29) is 5.91 Å². The Morgan fingerprint density at radius 1 is 1.20 bits per heavy atom. The number of nitrogens with zero attached hydrogens (tertiary/aromatic N) is 1. The Morgan fingerprint density at radius 2 is 2.00 bits per heavy atom. The Labute approximate surface area is 125 Å². The van der Waals surface area contributed by atoms with E-state index < -0.39 is 0 Å². The summed E-state index contributed by atoms with van der Waals surface area (Å²) in [5, 5.41) is 6.17. The number of hydrogen-bond donors (Lipinski definition) is 2. The van der Waals surface area contributed by atoms with Crippen molar-refractivity contribution >= 4 is 33.2 Å². The van der Waals surface area contributed by atoms with Gasteiger partial charge in [-0.1, -0.05) is 12.1 Å². The predicted octanol–water partition coefficient (Wildman–Crippen LogP) is 3.67. The Kier molecular flexibility index (Phi) is 3.69. The van der Waals surface area contributed by atoms with Gasteiger partial charge in [-0.05, 0) is 53.0 Å². The van der Waals surface area contributed by atoms with E-state index in [2.05, 4.69) is 31.5 Å². The average molecular weight is 332 g/mol. The van der Waals surface area contributed by atoms with Gasteiger partial charge in [-0.15, -0.1) is 0 Å². The fourth-order valence-electron chi connectivity index (χ4n) is 1.83. The molecule has 1 saturated carbocycles. The molecule has 1 aromatic carbocycles. The molecule has 0 aliphatic heterocycles. The van der Waals surface area contributed by atoms with Gasteiger partial charge >= 0.3 is 0 Å². The Morgan fingerprint density at radius 3 is 2.65 bits per heavy atom. The predicted molar refractivity (Wildman–Crippen MR) is 83.0 cm³/mol. The molecule has 20 heavy (non-hydrogen) atoms. The monoisotopic (exact) mass is 331 g/mol. The van der Waals surface area contributed by atoms with E-state index in [1.165, 1.54) is 12.8 Å². The molecule has 0 spiro atoms. The van der Waals surface area contributed by atoms with Gasteiger partial charge in [0.25, 0.3) is 5.91 Å². The summed E-state index contributed by atoms with van der Waals surface area (Å²) >= 11 is 3.40. The third-order valence-corrected chi connectivity index (χ3v) is 3.76. The van der Waals surface area contributed by atoms with Crippen LogP contribution in [0.15, 0.2) is 47.1 Å². The first-order chi connectivity index (χ1) is 9.72. The first-order valence-electron chi connectivity index (χ1n) is 6.51. The zero-order valence-electron chi connectivity index (χ0n) is 10.8. The summed E-state index contributed by atoms with van der Waals surface area (Å²) in [5.74, 6) is -0.213. The fraction of sp³-hybridized carbons (Fsp3) is 0.200. The van der Waals surface area contributed by atoms with E-state index in [1.807, 2.05) is 30.3 Å². The Balaban J connectivity index is 1.68. The molecule has 0 unspecified atom stereocenters. The molecule has 0 saturated heterocycles. The molecule has 4 nitrogen and oxygen atoms in total. The summed E-state index contributed by atoms with van der Waals surface area (Å²) in [4.78, 5) is 16.3. The summed E-state index contributed by atoms with van der Waals surface area (Å²) in [5.41, 5.74) is 2.10. The zero-order chi connectivity index (χ0) is 13.9. The van der Waals surface area contributed by atoms with Gasteiger partial charge in [0.1, 0.15) is 5.69 Å². The minimum absolute atomic E-state index is 0.213. The first kappa shape index (κ1) is 13.1. The van der Waals surface area contributed by atoms with Gasteiger partial charge in [0.2, 0.25) is 0 Å². The lowest BCUT2D eigenvalue weighted by Gasteiger charge is -2.08. The largest absolute Gasteiger partial charge is 0.381 e. The lowest BCUT2D eigenvalue weighted by molar-refractivity contribution is 0.102. The van der Waals surface area contributed by atoms with Crippen LogP contribution in [0.1, 0.15) is 23.3 Å². The lowest BCUT2D eigenvalue weighted by atomic mass is 10.3. The number of anilines is 2. The number of para-hydroxylation sites is 1. The van der Waals surface area contributed by atoms with Crippen LogP contribution in [-0.2, 0) is 0 Å². The number of carbonyl (C=O) groups excluding carboxylic acids is 1. The Hall–Kier alpha value is -1.88. The molecule has 1 fully saturated rings. The molecule has 5 heteroatoms. The molecule has 102 valence electrons. The number of carbonyl (C=O) groups is 1. The normalized spacial score (nSPS) is 13.8. The third-order valence-electron chi connectivity index (χ3n) is 3.07. The lowest BCUT2D eigenvalue weighted by Crippen LogP contribution is -2.14. The van der Waals surface area contributed by atoms with E-state index >= 15 is 0 Å². The highest BCUT2D eigenvalue weighted by atomic mass is 79.9. The van der Waals surface area contributed by atoms with E-state index in [9.17, 15) is 4.79 Å². The van der Waals surface area contributed by atoms with Crippen LogP contribution in [0.2, 0.25) is 0 Å². The SMILES string of the molecule is O=C(Nc1ccccc1Br)c1ccc(NC2CC2)cn1. The number of aromatic nitrogens is 1. The standard InChI is InChI=1S/C15H14BrN3O/c16-12-3-1-2-4-13(12)19-15(20)14-8-7-11(9-17-14)18-10-5-6-10/h1-4,7-10,18H,5-6H2,(H,19,20). The Bertz CT molecular complexity index is 623. The molecule has 1 amide bonds. The van der Waals surface area contributed by atoms with Crippen molar-refractivity contribution in [3.8, 4) is 0 Å². The minimum atomic E-state index is -0.213. The number of hydrogen-bond acceptors (Lipinski definition) is 3. The van der Waals surface area contributed by atoms with Gasteiger partial charge in [0, 0.05) is 10.5 Å². The molecule has 1 aromatic heterocycles. The van der Waals surface area contributed by atoms with Crippen molar-refractivity contribution in [1.29, 1.82) is 0 Å². The van der Waals surface area contributed by atoms with Gasteiger partial charge in [0.05, 0.1) is 17.6 Å². The second-order valence-corrected chi connectivity index (χ2v) is 5.64. The molecule has 2 aromatic rings. The highest BCUT2D eigenvalue weighted by Crippen LogP contribution is 2.24. The molecule has 1 aliphatic rings. The van der Waals surface area contributed by atoms with Crippen molar-refractivity contribution in [2.24, 2.45) is 0 Å². The number of nitrogens with one attached hydrogen (secondary N) is 2. The van der Waals surface area contributed by atoms with Crippen molar-refractivity contribution in [2.75, 3.05) is 10.6 Å². The number of amides is 1. The molecular weight excluding hydrogens is 318 g/mol. The second kappa shape index (κ2) is 5.63. The van der Waals surface area contributed by atoms with Gasteiger partial charge in [-0.25, -0.2) is 4.98 Å². The number of pyridine rings is 1. The summed E-state index contributed by atoms with van der Waals surface area (Å²) in [6.45, 7) is 0. The van der Waals surface area contributed by atoms with Gasteiger partial charge in [-0.3, -0.25) is 4.79 Å². The molecule has 0 bridgehead atoms. The number of rotatable bonds is 4. The van der Waals surface area contributed by atoms with Crippen LogP contribution in [0.3, 0.4) is 0 Å². The summed E-state index contributed by atoms with van der Waals surface area (Å²) in [6, 6.07) is 11.7. The summed E-state index contributed by atoms with van der Waals surface area (Å²) < 4.78 is 0.848. The summed E-state index contributed by atoms with van der Waals surface area (Å²) in [7, 11) is 0. The van der Waals surface area contributed by atoms with Crippen LogP contribution >= 0.6 is 15.9 Å². The number of halogens is 1. The molecule has 1 heterocycles. The number of benzene rings is 1. The van der Waals surface area contributed by atoms with Crippen molar-refractivity contribution in [3.63, 3.8) is 0 Å². The highest BCUT2D eigenvalue weighted by molar-refractivity contribution is 9.10. The quantitative estimate of drug-likeness (QED) is 0.898. The van der Waals surface area contributed by atoms with E-state index in [1.54, 1.807) is 12.3 Å². The van der Waals surface area contributed by atoms with Crippen molar-refractivity contribution in [1.82, 2.24) is 4.98 Å². The maximum Gasteiger partial charge on any atom is 0.274 e. The van der Waals surface area contributed by atoms with Crippen molar-refractivity contribution < 1.29 is 4.79 Å². The van der Waals surface area contributed by atoms with Crippen molar-refractivity contribution in [2.45, 2.75) is 18.9 Å². The molecule has 0 radical (unpaired) electrons. The van der Waals surface area contributed by atoms with Gasteiger partial charge in [0.15, 0.2) is 0 Å². The molecule has 2 N–H and O–H groups in total. The van der Waals surface area contributed by atoms with E-state index in [4.69, 9.17) is 0 Å². The minimum Gasteiger partial charge on any atom is -0.381 e. The maximum absolute atomic E-state index is 12.1. The van der Waals surface area contributed by atoms with Crippen LogP contribution < -0.4 is 10.6 Å². The second-order valence-electron chi connectivity index (χ2n) is 4.78. The fourth-order valence-corrected chi connectivity index (χ4v) is 2.21. The average Bonchev–Trinajstić information content (AvgIpc) is 3.26. The van der Waals surface area contributed by atoms with Gasteiger partial charge < -0.3 is 10.6 Å². The van der Waals surface area contributed by atoms with Crippen LogP contribution in [0, 0.1) is 0 Å². The maximum atomic E-state index is 12.1. The first-order valence-corrected chi connectivity index (χ1v) is 7.30. The molecule has 0 atom stereocenters. The van der Waals surface area contributed by atoms with Crippen molar-refractivity contribution in [3.05, 3.63) is 52.8 Å². The molecular formula is C15H14BrN3O. The molecule has 1 aliphatic carbocycles. The highest BCUT2D eigenvalue weighted by Gasteiger charge is 2.20. The summed E-state index contributed by atoms with van der Waals surface area (Å²) in [6.07, 6.45) is 4.13. The molecule has 3 rings (SSSR count). The third kappa shape index (κ3) is 3.17. The van der Waals surface area contributed by atoms with Crippen LogP contribution in [0.5, 0.6) is 0 Å². The van der Waals surface area contributed by atoms with E-state index in [0.29, 0.717) is 11.7 Å². The van der Waals surface area contributed by atoms with Crippen LogP contribution in [-0.4, -0.2) is 16.9 Å². The van der Waals surface area contributed by atoms with E-state index in [0.717, 1.165) is 15.8 Å². The van der Waals surface area contributed by atoms with Crippen LogP contribution in [0.4, 0.5) is 11.4 Å². The van der Waals surface area contributed by atoms with Crippen LogP contribution in [0.25, 0.3) is 0 Å². The topological polar surface area (TPSA) is 54.0 Å². The van der Waals surface area contributed by atoms with Gasteiger partial charge in [-0.2, -0.15) is 0 Å². The zero-order valence-corrected chi connectivity index (χ0v) is 12.4.